The van der Waals surface area contributed by atoms with Gasteiger partial charge in [-0.15, -0.1) is 0 Å². The summed E-state index contributed by atoms with van der Waals surface area (Å²) in [6.45, 7) is 6.12. The molecule has 0 spiro atoms. The van der Waals surface area contributed by atoms with Gasteiger partial charge in [0.25, 0.3) is 5.56 Å². The predicted octanol–water partition coefficient (Wildman–Crippen LogP) is 1.50. The van der Waals surface area contributed by atoms with Crippen molar-refractivity contribution in [2.45, 2.75) is 26.8 Å². The highest BCUT2D eigenvalue weighted by Gasteiger charge is 2.17. The van der Waals surface area contributed by atoms with E-state index in [1.165, 1.54) is 0 Å². The van der Waals surface area contributed by atoms with Crippen molar-refractivity contribution in [1.29, 1.82) is 0 Å². The van der Waals surface area contributed by atoms with Crippen LogP contribution < -0.4 is 10.5 Å². The zero-order chi connectivity index (χ0) is 11.0. The lowest BCUT2D eigenvalue weighted by Crippen LogP contribution is -2.18. The highest BCUT2D eigenvalue weighted by molar-refractivity contribution is 5.44. The molecule has 2 rings (SSSR count). The second-order valence-electron chi connectivity index (χ2n) is 4.73. The van der Waals surface area contributed by atoms with E-state index in [4.69, 9.17) is 0 Å². The molecule has 0 aromatic carbocycles. The maximum absolute atomic E-state index is 11.8. The number of pyridine rings is 1. The Morgan fingerprint density at radius 2 is 2.07 bits per heavy atom. The van der Waals surface area contributed by atoms with Crippen molar-refractivity contribution in [3.05, 3.63) is 28.0 Å². The van der Waals surface area contributed by atoms with Gasteiger partial charge in [-0.2, -0.15) is 0 Å². The Morgan fingerprint density at radius 1 is 1.33 bits per heavy atom. The molecular weight excluding hydrogens is 188 g/mol. The fourth-order valence-electron chi connectivity index (χ4n) is 2.13. The molecule has 3 heteroatoms. The SMILES string of the molecule is CC(C)Cc1cc2n(c(=O)c1)CCN2C. The Balaban J connectivity index is 2.42. The van der Waals surface area contributed by atoms with Crippen molar-refractivity contribution in [2.24, 2.45) is 5.92 Å². The quantitative estimate of drug-likeness (QED) is 0.732. The highest BCUT2D eigenvalue weighted by Crippen LogP contribution is 2.19. The molecule has 1 aliphatic rings. The van der Waals surface area contributed by atoms with Crippen LogP contribution in [0, 0.1) is 5.92 Å². The molecule has 3 nitrogen and oxygen atoms in total. The first-order valence-corrected chi connectivity index (χ1v) is 5.53. The lowest BCUT2D eigenvalue weighted by molar-refractivity contribution is 0.644. The van der Waals surface area contributed by atoms with Crippen LogP contribution in [0.2, 0.25) is 0 Å². The van der Waals surface area contributed by atoms with Gasteiger partial charge in [-0.1, -0.05) is 13.8 Å². The molecule has 82 valence electrons. The number of nitrogens with zero attached hydrogens (tertiary/aromatic N) is 2. The van der Waals surface area contributed by atoms with Crippen molar-refractivity contribution in [3.63, 3.8) is 0 Å². The van der Waals surface area contributed by atoms with Gasteiger partial charge in [0, 0.05) is 26.2 Å². The molecule has 0 bridgehead atoms. The van der Waals surface area contributed by atoms with E-state index in [1.807, 2.05) is 11.6 Å². The van der Waals surface area contributed by atoms with E-state index in [0.717, 1.165) is 30.9 Å². The molecule has 0 aliphatic carbocycles. The lowest BCUT2D eigenvalue weighted by Gasteiger charge is -2.13. The third-order valence-electron chi connectivity index (χ3n) is 2.86. The molecule has 0 saturated carbocycles. The number of likely N-dealkylation sites (N-methyl/N-ethyl adjacent to an activating group) is 1. The third kappa shape index (κ3) is 1.91. The zero-order valence-corrected chi connectivity index (χ0v) is 9.66. The van der Waals surface area contributed by atoms with E-state index in [-0.39, 0.29) is 5.56 Å². The molecular formula is C12H18N2O. The van der Waals surface area contributed by atoms with Gasteiger partial charge < -0.3 is 4.90 Å². The van der Waals surface area contributed by atoms with Gasteiger partial charge in [-0.25, -0.2) is 0 Å². The average molecular weight is 206 g/mol. The van der Waals surface area contributed by atoms with Gasteiger partial charge in [-0.05, 0) is 24.0 Å². The summed E-state index contributed by atoms with van der Waals surface area (Å²) in [6.07, 6.45) is 0.983. The van der Waals surface area contributed by atoms with Gasteiger partial charge >= 0.3 is 0 Å². The van der Waals surface area contributed by atoms with Crippen LogP contribution in [0.1, 0.15) is 19.4 Å². The largest absolute Gasteiger partial charge is 0.359 e. The first-order valence-electron chi connectivity index (χ1n) is 5.53. The Morgan fingerprint density at radius 3 is 2.73 bits per heavy atom. The van der Waals surface area contributed by atoms with Crippen LogP contribution in [0.25, 0.3) is 0 Å². The number of fused-ring (bicyclic) bond motifs is 1. The van der Waals surface area contributed by atoms with Crippen LogP contribution in [0.15, 0.2) is 16.9 Å². The highest BCUT2D eigenvalue weighted by atomic mass is 16.1. The fourth-order valence-corrected chi connectivity index (χ4v) is 2.13. The van der Waals surface area contributed by atoms with Crippen LogP contribution >= 0.6 is 0 Å². The van der Waals surface area contributed by atoms with Gasteiger partial charge in [0.05, 0.1) is 0 Å². The van der Waals surface area contributed by atoms with E-state index in [1.54, 1.807) is 6.07 Å². The number of anilines is 1. The second-order valence-corrected chi connectivity index (χ2v) is 4.73. The summed E-state index contributed by atoms with van der Waals surface area (Å²) in [4.78, 5) is 13.9. The van der Waals surface area contributed by atoms with Crippen molar-refractivity contribution in [3.8, 4) is 0 Å². The van der Waals surface area contributed by atoms with Crippen molar-refractivity contribution in [2.75, 3.05) is 18.5 Å². The molecule has 15 heavy (non-hydrogen) atoms. The van der Waals surface area contributed by atoms with E-state index >= 15 is 0 Å². The predicted molar refractivity (Wildman–Crippen MR) is 62.5 cm³/mol. The molecule has 1 aromatic rings. The first-order chi connectivity index (χ1) is 7.08. The van der Waals surface area contributed by atoms with Crippen molar-refractivity contribution < 1.29 is 0 Å². The molecule has 1 aromatic heterocycles. The second kappa shape index (κ2) is 3.72. The Bertz CT molecular complexity index is 420. The van der Waals surface area contributed by atoms with Crippen molar-refractivity contribution in [1.82, 2.24) is 4.57 Å². The van der Waals surface area contributed by atoms with Gasteiger partial charge in [0.1, 0.15) is 5.82 Å². The smallest absolute Gasteiger partial charge is 0.252 e. The van der Waals surface area contributed by atoms with Crippen LogP contribution in [-0.4, -0.2) is 18.2 Å². The van der Waals surface area contributed by atoms with E-state index in [0.29, 0.717) is 5.92 Å². The average Bonchev–Trinajstić information content (AvgIpc) is 2.47. The van der Waals surface area contributed by atoms with Crippen molar-refractivity contribution >= 4 is 5.82 Å². The summed E-state index contributed by atoms with van der Waals surface area (Å²) in [5.41, 5.74) is 1.31. The summed E-state index contributed by atoms with van der Waals surface area (Å²) in [6, 6.07) is 3.93. The molecule has 0 N–H and O–H groups in total. The third-order valence-corrected chi connectivity index (χ3v) is 2.86. The summed E-state index contributed by atoms with van der Waals surface area (Å²) >= 11 is 0. The molecule has 0 fully saturated rings. The Labute approximate surface area is 90.3 Å². The number of hydrogen-bond acceptors (Lipinski definition) is 2. The molecule has 2 heterocycles. The summed E-state index contributed by atoms with van der Waals surface area (Å²) in [5, 5.41) is 0. The molecule has 0 atom stereocenters. The maximum Gasteiger partial charge on any atom is 0.252 e. The Hall–Kier alpha value is -1.25. The zero-order valence-electron chi connectivity index (χ0n) is 9.66. The van der Waals surface area contributed by atoms with Crippen LogP contribution in [0.3, 0.4) is 0 Å². The molecule has 0 amide bonds. The topological polar surface area (TPSA) is 25.2 Å². The molecule has 0 saturated heterocycles. The Kier molecular flexibility index (Phi) is 2.55. The fraction of sp³-hybridized carbons (Fsp3) is 0.583. The standard InChI is InChI=1S/C12H18N2O/c1-9(2)6-10-7-11-13(3)4-5-14(11)12(15)8-10/h7-9H,4-6H2,1-3H3. The van der Waals surface area contributed by atoms with Crippen LogP contribution in [0.5, 0.6) is 0 Å². The van der Waals surface area contributed by atoms with E-state index in [2.05, 4.69) is 24.8 Å². The van der Waals surface area contributed by atoms with Crippen LogP contribution in [-0.2, 0) is 13.0 Å². The lowest BCUT2D eigenvalue weighted by atomic mass is 10.0. The molecule has 1 aliphatic heterocycles. The van der Waals surface area contributed by atoms with Crippen LogP contribution in [0.4, 0.5) is 5.82 Å². The van der Waals surface area contributed by atoms with E-state index < -0.39 is 0 Å². The number of aromatic nitrogens is 1. The van der Waals surface area contributed by atoms with Gasteiger partial charge in [0.15, 0.2) is 0 Å². The maximum atomic E-state index is 11.8. The minimum absolute atomic E-state index is 0.146. The van der Waals surface area contributed by atoms with E-state index in [9.17, 15) is 4.79 Å². The van der Waals surface area contributed by atoms with Gasteiger partial charge in [-0.3, -0.25) is 9.36 Å². The summed E-state index contributed by atoms with van der Waals surface area (Å²) in [5.74, 6) is 1.66. The summed E-state index contributed by atoms with van der Waals surface area (Å²) in [7, 11) is 2.04. The minimum Gasteiger partial charge on any atom is -0.359 e. The number of rotatable bonds is 2. The minimum atomic E-state index is 0.146. The number of hydrogen-bond donors (Lipinski definition) is 0. The molecule has 0 unspecified atom stereocenters. The molecule has 0 radical (unpaired) electrons. The van der Waals surface area contributed by atoms with Gasteiger partial charge in [0.2, 0.25) is 0 Å². The first kappa shape index (κ1) is 10.3. The monoisotopic (exact) mass is 206 g/mol. The normalized spacial score (nSPS) is 14.8. The summed E-state index contributed by atoms with van der Waals surface area (Å²) < 4.78 is 1.85.